The molecule has 1 amide bonds. The fraction of sp³-hybridized carbons (Fsp3) is 0.429. The number of fused-ring (bicyclic) bond motifs is 5. The molecule has 5 heterocycles. The van der Waals surface area contributed by atoms with E-state index in [1.807, 2.05) is 37.5 Å². The van der Waals surface area contributed by atoms with Crippen LogP contribution < -0.4 is 5.32 Å². The number of rotatable bonds is 4. The zero-order valence-electron chi connectivity index (χ0n) is 16.4. The maximum absolute atomic E-state index is 12.6. The third kappa shape index (κ3) is 3.86. The number of amides is 1. The van der Waals surface area contributed by atoms with Gasteiger partial charge in [-0.25, -0.2) is 4.98 Å². The number of nitrogens with zero attached hydrogens (tertiary/aromatic N) is 5. The number of morpholine rings is 1. The van der Waals surface area contributed by atoms with Crippen molar-refractivity contribution in [3.8, 4) is 11.3 Å². The van der Waals surface area contributed by atoms with Crippen molar-refractivity contribution in [1.82, 2.24) is 24.9 Å². The minimum atomic E-state index is -0.0329. The highest BCUT2D eigenvalue weighted by atomic mass is 16.5. The molecule has 2 bridgehead atoms. The Labute approximate surface area is 168 Å². The first-order chi connectivity index (χ1) is 14.1. The highest BCUT2D eigenvalue weighted by Crippen LogP contribution is 2.26. The van der Waals surface area contributed by atoms with Crippen LogP contribution in [0.4, 0.5) is 5.82 Å². The topological polar surface area (TPSA) is 85.2 Å². The molecule has 6 rings (SSSR count). The number of hydrogen-bond donors (Lipinski definition) is 1. The Morgan fingerprint density at radius 3 is 3.07 bits per heavy atom. The average molecular weight is 392 g/mol. The number of pyridine rings is 1. The summed E-state index contributed by atoms with van der Waals surface area (Å²) in [6.07, 6.45) is 7.29. The third-order valence-corrected chi connectivity index (χ3v) is 5.78. The Bertz CT molecular complexity index is 1040. The van der Waals surface area contributed by atoms with Crippen LogP contribution in [-0.4, -0.2) is 62.6 Å². The molecule has 3 aliphatic heterocycles. The van der Waals surface area contributed by atoms with Gasteiger partial charge in [-0.05, 0) is 36.8 Å². The minimum absolute atomic E-state index is 0.0329. The number of hydrogen-bond acceptors (Lipinski definition) is 6. The molecule has 1 N–H and O–H groups in total. The first kappa shape index (κ1) is 18.2. The van der Waals surface area contributed by atoms with E-state index in [2.05, 4.69) is 25.5 Å². The van der Waals surface area contributed by atoms with Crippen LogP contribution in [0.15, 0.2) is 36.7 Å². The average Bonchev–Trinajstić information content (AvgIpc) is 2.91. The van der Waals surface area contributed by atoms with Gasteiger partial charge in [0.05, 0.1) is 25.5 Å². The molecule has 8 nitrogen and oxygen atoms in total. The molecule has 3 fully saturated rings. The molecule has 3 aromatic rings. The Hall–Kier alpha value is -2.84. The maximum Gasteiger partial charge on any atom is 0.239 e. The van der Waals surface area contributed by atoms with Gasteiger partial charge in [-0.1, -0.05) is 17.3 Å². The van der Waals surface area contributed by atoms with Gasteiger partial charge in [-0.15, -0.1) is 5.10 Å². The van der Waals surface area contributed by atoms with Gasteiger partial charge in [0.2, 0.25) is 5.91 Å². The van der Waals surface area contributed by atoms with Crippen LogP contribution in [0.5, 0.6) is 0 Å². The number of carbonyl (C=O) groups is 1. The molecule has 3 aliphatic rings. The van der Waals surface area contributed by atoms with Crippen LogP contribution in [0.3, 0.4) is 0 Å². The number of carbonyl (C=O) groups excluding carboxylic acids is 1. The molecule has 2 aromatic heterocycles. The second-order valence-corrected chi connectivity index (χ2v) is 7.93. The van der Waals surface area contributed by atoms with E-state index in [4.69, 9.17) is 4.74 Å². The first-order valence-corrected chi connectivity index (χ1v) is 10.1. The monoisotopic (exact) mass is 392 g/mol. The second-order valence-electron chi connectivity index (χ2n) is 7.93. The molecule has 29 heavy (non-hydrogen) atoms. The molecule has 8 heteroatoms. The number of aryl methyl sites for hydroxylation is 1. The summed E-state index contributed by atoms with van der Waals surface area (Å²) in [5.74, 6) is 0.532. The third-order valence-electron chi connectivity index (χ3n) is 5.78. The van der Waals surface area contributed by atoms with Gasteiger partial charge in [0, 0.05) is 36.8 Å². The molecule has 150 valence electrons. The summed E-state index contributed by atoms with van der Waals surface area (Å²) in [7, 11) is 1.84. The van der Waals surface area contributed by atoms with Gasteiger partial charge in [0.1, 0.15) is 11.5 Å². The normalized spacial score (nSPS) is 22.0. The van der Waals surface area contributed by atoms with Crippen LogP contribution in [0.1, 0.15) is 19.3 Å². The molecule has 3 saturated heterocycles. The Balaban J connectivity index is 1.31. The Morgan fingerprint density at radius 2 is 2.21 bits per heavy atom. The van der Waals surface area contributed by atoms with Crippen molar-refractivity contribution >= 4 is 22.5 Å². The molecule has 0 radical (unpaired) electrons. The van der Waals surface area contributed by atoms with Crippen LogP contribution >= 0.6 is 0 Å². The van der Waals surface area contributed by atoms with Crippen LogP contribution in [0.25, 0.3) is 22.0 Å². The number of benzene rings is 1. The highest BCUT2D eigenvalue weighted by Gasteiger charge is 2.32. The molecule has 0 saturated carbocycles. The molecule has 0 unspecified atom stereocenters. The minimum Gasteiger partial charge on any atom is -0.375 e. The number of anilines is 1. The molecule has 1 aromatic carbocycles. The van der Waals surface area contributed by atoms with E-state index in [1.165, 1.54) is 6.42 Å². The van der Waals surface area contributed by atoms with Crippen molar-refractivity contribution in [3.05, 3.63) is 36.7 Å². The van der Waals surface area contributed by atoms with Crippen molar-refractivity contribution in [2.24, 2.45) is 7.05 Å². The number of nitrogens with one attached hydrogen (secondary N) is 1. The summed E-state index contributed by atoms with van der Waals surface area (Å²) in [4.78, 5) is 19.3. The van der Waals surface area contributed by atoms with E-state index < -0.39 is 0 Å². The van der Waals surface area contributed by atoms with Gasteiger partial charge in [0.25, 0.3) is 0 Å². The largest absolute Gasteiger partial charge is 0.375 e. The van der Waals surface area contributed by atoms with Crippen molar-refractivity contribution in [2.45, 2.75) is 31.4 Å². The van der Waals surface area contributed by atoms with E-state index >= 15 is 0 Å². The summed E-state index contributed by atoms with van der Waals surface area (Å²) in [5.41, 5.74) is 1.80. The predicted octanol–water partition coefficient (Wildman–Crippen LogP) is 2.22. The highest BCUT2D eigenvalue weighted by molar-refractivity contribution is 5.94. The first-order valence-electron chi connectivity index (χ1n) is 10.1. The second kappa shape index (κ2) is 7.53. The Kier molecular flexibility index (Phi) is 4.73. The zero-order chi connectivity index (χ0) is 19.8. The Morgan fingerprint density at radius 1 is 1.28 bits per heavy atom. The molecule has 0 aliphatic carbocycles. The lowest BCUT2D eigenvalue weighted by molar-refractivity contribution is -0.121. The quantitative estimate of drug-likeness (QED) is 0.733. The van der Waals surface area contributed by atoms with E-state index in [0.29, 0.717) is 18.4 Å². The SMILES string of the molecule is Cn1cc(-c2ccc3cnc(NC(=O)CN4C[C@H]5CCC[C@@H]4CO5)cc3c2)nn1. The smallest absolute Gasteiger partial charge is 0.239 e. The van der Waals surface area contributed by atoms with E-state index in [0.717, 1.165) is 48.0 Å². The lowest BCUT2D eigenvalue weighted by Gasteiger charge is -2.36. The van der Waals surface area contributed by atoms with Gasteiger partial charge < -0.3 is 10.1 Å². The number of ether oxygens (including phenoxy) is 1. The van der Waals surface area contributed by atoms with E-state index in [1.54, 1.807) is 10.9 Å². The van der Waals surface area contributed by atoms with Crippen LogP contribution in [0, 0.1) is 0 Å². The van der Waals surface area contributed by atoms with Gasteiger partial charge in [0.15, 0.2) is 0 Å². The van der Waals surface area contributed by atoms with Crippen molar-refractivity contribution in [2.75, 3.05) is 25.0 Å². The van der Waals surface area contributed by atoms with Gasteiger partial charge in [-0.3, -0.25) is 14.4 Å². The summed E-state index contributed by atoms with van der Waals surface area (Å²) >= 11 is 0. The summed E-state index contributed by atoms with van der Waals surface area (Å²) in [6.45, 7) is 1.95. The molecular formula is C21H24N6O2. The lowest BCUT2D eigenvalue weighted by Crippen LogP contribution is -2.50. The van der Waals surface area contributed by atoms with Crippen LogP contribution in [0.2, 0.25) is 0 Å². The zero-order valence-corrected chi connectivity index (χ0v) is 16.4. The fourth-order valence-electron chi connectivity index (χ4n) is 4.25. The molecular weight excluding hydrogens is 368 g/mol. The van der Waals surface area contributed by atoms with Crippen LogP contribution in [-0.2, 0) is 16.6 Å². The maximum atomic E-state index is 12.6. The van der Waals surface area contributed by atoms with Gasteiger partial charge >= 0.3 is 0 Å². The summed E-state index contributed by atoms with van der Waals surface area (Å²) in [5, 5.41) is 13.1. The van der Waals surface area contributed by atoms with E-state index in [9.17, 15) is 4.79 Å². The molecule has 2 atom stereocenters. The van der Waals surface area contributed by atoms with Gasteiger partial charge in [-0.2, -0.15) is 0 Å². The molecule has 0 spiro atoms. The van der Waals surface area contributed by atoms with Crippen molar-refractivity contribution < 1.29 is 9.53 Å². The number of aromatic nitrogens is 4. The standard InChI is InChI=1S/C21H24N6O2/c1-26-11-19(24-25-26)14-5-6-15-9-22-20(8-16(15)7-14)23-21(28)12-27-10-18-4-2-3-17(27)13-29-18/h5-9,11,17-18H,2-4,10,12-13H2,1H3,(H,22,23,28)/t17-,18-/m1/s1. The fourth-order valence-corrected chi connectivity index (χ4v) is 4.25. The summed E-state index contributed by atoms with van der Waals surface area (Å²) < 4.78 is 7.51. The predicted molar refractivity (Wildman–Crippen MR) is 109 cm³/mol. The van der Waals surface area contributed by atoms with E-state index in [-0.39, 0.29) is 12.0 Å². The van der Waals surface area contributed by atoms with Crippen molar-refractivity contribution in [3.63, 3.8) is 0 Å². The van der Waals surface area contributed by atoms with Crippen molar-refractivity contribution in [1.29, 1.82) is 0 Å². The lowest BCUT2D eigenvalue weighted by atomic mass is 10.1. The summed E-state index contributed by atoms with van der Waals surface area (Å²) in [6, 6.07) is 8.31.